The first-order valence-corrected chi connectivity index (χ1v) is 10.7. The Morgan fingerprint density at radius 2 is 1.91 bits per heavy atom. The van der Waals surface area contributed by atoms with Crippen molar-refractivity contribution in [2.75, 3.05) is 13.8 Å². The molecule has 0 radical (unpaired) electrons. The van der Waals surface area contributed by atoms with Crippen molar-refractivity contribution in [3.63, 3.8) is 0 Å². The third kappa shape index (κ3) is 3.74. The number of ether oxygens (including phenoxy) is 3. The number of benzene rings is 3. The molecular formula is C26H22ClNO4. The third-order valence-electron chi connectivity index (χ3n) is 5.77. The van der Waals surface area contributed by atoms with Crippen molar-refractivity contribution in [2.24, 2.45) is 0 Å². The van der Waals surface area contributed by atoms with Crippen molar-refractivity contribution in [2.45, 2.75) is 20.0 Å². The number of halogens is 1. The summed E-state index contributed by atoms with van der Waals surface area (Å²) in [6.07, 6.45) is 1.75. The molecule has 0 spiro atoms. The summed E-state index contributed by atoms with van der Waals surface area (Å²) < 4.78 is 17.3. The molecule has 32 heavy (non-hydrogen) atoms. The van der Waals surface area contributed by atoms with Gasteiger partial charge in [0.05, 0.1) is 12.7 Å². The quantitative estimate of drug-likeness (QED) is 0.485. The summed E-state index contributed by atoms with van der Waals surface area (Å²) in [6.45, 7) is 3.72. The van der Waals surface area contributed by atoms with E-state index in [0.29, 0.717) is 36.9 Å². The standard InChI is InChI=1S/C26H22ClNO4/c1-16-25-19(14-28(15-31-25)13-18-5-3-4-6-22(18)27)12-21-24(29)23(32-26(16)21)11-17-7-9-20(30-2)10-8-17/h3-12H,13-15H2,1-2H3/b23-11-. The molecule has 3 aromatic carbocycles. The lowest BCUT2D eigenvalue weighted by molar-refractivity contribution is 0.0877. The topological polar surface area (TPSA) is 48.0 Å². The average molecular weight is 448 g/mol. The molecule has 5 nitrogen and oxygen atoms in total. The van der Waals surface area contributed by atoms with Gasteiger partial charge in [-0.05, 0) is 48.4 Å². The summed E-state index contributed by atoms with van der Waals surface area (Å²) in [5, 5.41) is 0.736. The summed E-state index contributed by atoms with van der Waals surface area (Å²) in [6, 6.07) is 17.2. The normalized spacial score (nSPS) is 16.3. The highest BCUT2D eigenvalue weighted by Crippen LogP contribution is 2.43. The molecule has 3 aromatic rings. The van der Waals surface area contributed by atoms with Crippen LogP contribution in [0.4, 0.5) is 0 Å². The Kier molecular flexibility index (Phi) is 5.37. The van der Waals surface area contributed by atoms with Crippen molar-refractivity contribution < 1.29 is 19.0 Å². The zero-order chi connectivity index (χ0) is 22.2. The molecule has 0 fully saturated rings. The van der Waals surface area contributed by atoms with E-state index in [1.165, 1.54) is 0 Å². The number of methoxy groups -OCH3 is 1. The van der Waals surface area contributed by atoms with Crippen molar-refractivity contribution in [1.82, 2.24) is 4.90 Å². The van der Waals surface area contributed by atoms with Crippen molar-refractivity contribution in [3.05, 3.63) is 93.2 Å². The lowest BCUT2D eigenvalue weighted by Gasteiger charge is -2.30. The Bertz CT molecular complexity index is 1230. The van der Waals surface area contributed by atoms with E-state index in [2.05, 4.69) is 4.90 Å². The number of nitrogens with zero attached hydrogens (tertiary/aromatic N) is 1. The summed E-state index contributed by atoms with van der Waals surface area (Å²) in [5.41, 5.74) is 4.31. The highest BCUT2D eigenvalue weighted by Gasteiger charge is 2.33. The van der Waals surface area contributed by atoms with Gasteiger partial charge in [-0.2, -0.15) is 0 Å². The Balaban J connectivity index is 1.41. The maximum Gasteiger partial charge on any atom is 0.231 e. The number of hydrogen-bond acceptors (Lipinski definition) is 5. The smallest absolute Gasteiger partial charge is 0.231 e. The Morgan fingerprint density at radius 1 is 1.12 bits per heavy atom. The van der Waals surface area contributed by atoms with Gasteiger partial charge >= 0.3 is 0 Å². The molecule has 0 unspecified atom stereocenters. The third-order valence-corrected chi connectivity index (χ3v) is 6.14. The van der Waals surface area contributed by atoms with Gasteiger partial charge in [0.2, 0.25) is 5.78 Å². The van der Waals surface area contributed by atoms with E-state index < -0.39 is 0 Å². The molecule has 2 aliphatic heterocycles. The summed E-state index contributed by atoms with van der Waals surface area (Å²) in [4.78, 5) is 15.2. The highest BCUT2D eigenvalue weighted by atomic mass is 35.5. The summed E-state index contributed by atoms with van der Waals surface area (Å²) in [7, 11) is 1.62. The Hall–Kier alpha value is -3.28. The molecule has 0 N–H and O–H groups in total. The van der Waals surface area contributed by atoms with Gasteiger partial charge in [0.1, 0.15) is 24.0 Å². The SMILES string of the molecule is COc1ccc(/C=C2\Oc3c(cc4c(c3C)OCN(Cc3ccccc3Cl)C4)C2=O)cc1. The first kappa shape index (κ1) is 20.6. The first-order valence-electron chi connectivity index (χ1n) is 10.4. The number of hydrogen-bond donors (Lipinski definition) is 0. The number of carbonyl (C=O) groups is 1. The van der Waals surface area contributed by atoms with Gasteiger partial charge in [0.25, 0.3) is 0 Å². The van der Waals surface area contributed by atoms with Crippen LogP contribution in [-0.2, 0) is 13.1 Å². The maximum atomic E-state index is 13.1. The number of allylic oxidation sites excluding steroid dienone is 1. The fraction of sp³-hybridized carbons (Fsp3) is 0.192. The first-order chi connectivity index (χ1) is 15.5. The van der Waals surface area contributed by atoms with Crippen molar-refractivity contribution in [1.29, 1.82) is 0 Å². The van der Waals surface area contributed by atoms with E-state index in [0.717, 1.165) is 38.8 Å². The number of fused-ring (bicyclic) bond motifs is 2. The van der Waals surface area contributed by atoms with E-state index in [1.54, 1.807) is 13.2 Å². The predicted octanol–water partition coefficient (Wildman–Crippen LogP) is 5.63. The van der Waals surface area contributed by atoms with Gasteiger partial charge < -0.3 is 14.2 Å². The van der Waals surface area contributed by atoms with Gasteiger partial charge in [-0.25, -0.2) is 0 Å². The minimum atomic E-state index is -0.120. The number of Topliss-reactive ketones (excluding diaryl/α,β-unsaturated/α-hetero) is 1. The molecule has 0 atom stereocenters. The highest BCUT2D eigenvalue weighted by molar-refractivity contribution is 6.31. The number of rotatable bonds is 4. The lowest BCUT2D eigenvalue weighted by Crippen LogP contribution is -2.32. The van der Waals surface area contributed by atoms with Crippen LogP contribution >= 0.6 is 11.6 Å². The molecular weight excluding hydrogens is 426 g/mol. The van der Waals surface area contributed by atoms with E-state index in [1.807, 2.05) is 61.5 Å². The van der Waals surface area contributed by atoms with Crippen LogP contribution in [0.2, 0.25) is 5.02 Å². The zero-order valence-electron chi connectivity index (χ0n) is 17.9. The van der Waals surface area contributed by atoms with E-state index in [-0.39, 0.29) is 5.78 Å². The van der Waals surface area contributed by atoms with Gasteiger partial charge in [-0.3, -0.25) is 9.69 Å². The van der Waals surface area contributed by atoms with Gasteiger partial charge in [0.15, 0.2) is 5.76 Å². The van der Waals surface area contributed by atoms with Crippen LogP contribution in [0.1, 0.15) is 32.6 Å². The molecule has 2 heterocycles. The molecule has 0 aromatic heterocycles. The van der Waals surface area contributed by atoms with Crippen molar-refractivity contribution >= 4 is 23.5 Å². The summed E-state index contributed by atoms with van der Waals surface area (Å²) in [5.74, 6) is 2.32. The van der Waals surface area contributed by atoms with Crippen LogP contribution in [0.15, 0.2) is 60.4 Å². The molecule has 162 valence electrons. The molecule has 0 aliphatic carbocycles. The summed E-state index contributed by atoms with van der Waals surface area (Å²) >= 11 is 6.32. The lowest BCUT2D eigenvalue weighted by atomic mass is 10.00. The van der Waals surface area contributed by atoms with Crippen LogP contribution in [0, 0.1) is 6.92 Å². The van der Waals surface area contributed by atoms with Gasteiger partial charge in [-0.15, -0.1) is 0 Å². The van der Waals surface area contributed by atoms with Crippen LogP contribution < -0.4 is 14.2 Å². The van der Waals surface area contributed by atoms with E-state index >= 15 is 0 Å². The van der Waals surface area contributed by atoms with Gasteiger partial charge in [0, 0.05) is 29.2 Å². The Labute approximate surface area is 191 Å². The fourth-order valence-corrected chi connectivity index (χ4v) is 4.31. The number of ketones is 1. The largest absolute Gasteiger partial charge is 0.497 e. The van der Waals surface area contributed by atoms with Crippen LogP contribution in [0.3, 0.4) is 0 Å². The molecule has 6 heteroatoms. The average Bonchev–Trinajstić information content (AvgIpc) is 3.11. The van der Waals surface area contributed by atoms with E-state index in [9.17, 15) is 4.79 Å². The fourth-order valence-electron chi connectivity index (χ4n) is 4.12. The van der Waals surface area contributed by atoms with E-state index in [4.69, 9.17) is 25.8 Å². The Morgan fingerprint density at radius 3 is 2.66 bits per heavy atom. The maximum absolute atomic E-state index is 13.1. The zero-order valence-corrected chi connectivity index (χ0v) is 18.6. The predicted molar refractivity (Wildman–Crippen MR) is 123 cm³/mol. The van der Waals surface area contributed by atoms with Crippen molar-refractivity contribution in [3.8, 4) is 17.2 Å². The van der Waals surface area contributed by atoms with Crippen LogP contribution in [-0.4, -0.2) is 24.5 Å². The second-order valence-corrected chi connectivity index (χ2v) is 8.34. The molecule has 5 rings (SSSR count). The monoisotopic (exact) mass is 447 g/mol. The molecule has 0 bridgehead atoms. The molecule has 0 amide bonds. The second kappa shape index (κ2) is 8.34. The minimum absolute atomic E-state index is 0.120. The van der Waals surface area contributed by atoms with Crippen LogP contribution in [0.25, 0.3) is 6.08 Å². The van der Waals surface area contributed by atoms with Gasteiger partial charge in [-0.1, -0.05) is 41.9 Å². The molecule has 0 saturated carbocycles. The van der Waals surface area contributed by atoms with Crippen LogP contribution in [0.5, 0.6) is 17.2 Å². The number of carbonyl (C=O) groups excluding carboxylic acids is 1. The molecule has 2 aliphatic rings. The molecule has 0 saturated heterocycles. The minimum Gasteiger partial charge on any atom is -0.497 e. The second-order valence-electron chi connectivity index (χ2n) is 7.93.